The monoisotopic (exact) mass is 240 g/mol. The molecule has 0 aliphatic heterocycles. The van der Waals surface area contributed by atoms with Gasteiger partial charge in [-0.2, -0.15) is 15.0 Å². The first kappa shape index (κ1) is 13.4. The first-order valence-corrected chi connectivity index (χ1v) is 5.40. The summed E-state index contributed by atoms with van der Waals surface area (Å²) in [5, 5.41) is 2.88. The second-order valence-corrected chi connectivity index (χ2v) is 3.92. The summed E-state index contributed by atoms with van der Waals surface area (Å²) in [6, 6.07) is 0.316. The summed E-state index contributed by atoms with van der Waals surface area (Å²) >= 11 is 0. The second kappa shape index (κ2) is 6.19. The minimum atomic E-state index is 0.316. The lowest BCUT2D eigenvalue weighted by Crippen LogP contribution is -2.30. The molecule has 0 saturated carbocycles. The van der Waals surface area contributed by atoms with Crippen LogP contribution in [-0.4, -0.2) is 68.2 Å². The van der Waals surface area contributed by atoms with E-state index in [4.69, 9.17) is 4.74 Å². The van der Waals surface area contributed by atoms with E-state index in [0.29, 0.717) is 17.9 Å². The Kier molecular flexibility index (Phi) is 4.89. The second-order valence-electron chi connectivity index (χ2n) is 3.92. The number of methoxy groups -OCH3 is 1. The van der Waals surface area contributed by atoms with Gasteiger partial charge < -0.3 is 19.9 Å². The maximum Gasteiger partial charge on any atom is 0.322 e. The zero-order valence-electron chi connectivity index (χ0n) is 11.1. The maximum atomic E-state index is 5.03. The molecule has 96 valence electrons. The lowest BCUT2D eigenvalue weighted by molar-refractivity contribution is 0.378. The van der Waals surface area contributed by atoms with Gasteiger partial charge in [0.1, 0.15) is 0 Å². The highest BCUT2D eigenvalue weighted by Gasteiger charge is 2.09. The Morgan fingerprint density at radius 2 is 1.82 bits per heavy atom. The van der Waals surface area contributed by atoms with Crippen LogP contribution in [0.25, 0.3) is 0 Å². The van der Waals surface area contributed by atoms with Gasteiger partial charge >= 0.3 is 6.01 Å². The quantitative estimate of drug-likeness (QED) is 0.746. The third-order valence-electron chi connectivity index (χ3n) is 2.23. The Bertz CT molecular complexity index is 334. The lowest BCUT2D eigenvalue weighted by atomic mass is 10.5. The van der Waals surface area contributed by atoms with Crippen LogP contribution in [0, 0.1) is 0 Å². The van der Waals surface area contributed by atoms with Gasteiger partial charge in [-0.1, -0.05) is 0 Å². The first-order chi connectivity index (χ1) is 8.06. The van der Waals surface area contributed by atoms with E-state index in [1.165, 1.54) is 0 Å². The van der Waals surface area contributed by atoms with Crippen LogP contribution in [0.1, 0.15) is 0 Å². The molecule has 0 radical (unpaired) electrons. The molecule has 7 heteroatoms. The molecule has 0 aliphatic rings. The Morgan fingerprint density at radius 3 is 2.35 bits per heavy atom. The van der Waals surface area contributed by atoms with Crippen LogP contribution >= 0.6 is 0 Å². The van der Waals surface area contributed by atoms with Crippen LogP contribution in [0.4, 0.5) is 11.9 Å². The number of rotatable bonds is 6. The molecule has 0 aliphatic carbocycles. The molecule has 0 unspecified atom stereocenters. The fraction of sp³-hybridized carbons (Fsp3) is 0.700. The van der Waals surface area contributed by atoms with Crippen molar-refractivity contribution in [2.45, 2.75) is 0 Å². The Labute approximate surface area is 102 Å². The topological polar surface area (TPSA) is 66.4 Å². The van der Waals surface area contributed by atoms with E-state index in [-0.39, 0.29) is 0 Å². The highest BCUT2D eigenvalue weighted by atomic mass is 16.5. The molecular formula is C10H20N6O. The van der Waals surface area contributed by atoms with Crippen molar-refractivity contribution in [3.05, 3.63) is 0 Å². The molecule has 1 heterocycles. The number of hydrogen-bond donors (Lipinski definition) is 1. The molecule has 0 atom stereocenters. The Morgan fingerprint density at radius 1 is 1.12 bits per heavy atom. The summed E-state index contributed by atoms with van der Waals surface area (Å²) in [6.07, 6.45) is 0. The molecule has 0 spiro atoms. The van der Waals surface area contributed by atoms with Gasteiger partial charge in [0.25, 0.3) is 0 Å². The predicted molar refractivity (Wildman–Crippen MR) is 67.7 cm³/mol. The normalized spacial score (nSPS) is 10.5. The van der Waals surface area contributed by atoms with Crippen molar-refractivity contribution in [1.82, 2.24) is 19.9 Å². The Balaban J connectivity index is 2.80. The number of hydrogen-bond acceptors (Lipinski definition) is 7. The predicted octanol–water partition coefficient (Wildman–Crippen LogP) is -0.0803. The summed E-state index contributed by atoms with van der Waals surface area (Å²) < 4.78 is 5.03. The molecule has 7 nitrogen and oxygen atoms in total. The first-order valence-electron chi connectivity index (χ1n) is 5.40. The van der Waals surface area contributed by atoms with E-state index in [2.05, 4.69) is 25.2 Å². The van der Waals surface area contributed by atoms with E-state index in [0.717, 1.165) is 13.1 Å². The fourth-order valence-electron chi connectivity index (χ4n) is 1.17. The third-order valence-corrected chi connectivity index (χ3v) is 2.23. The van der Waals surface area contributed by atoms with Crippen molar-refractivity contribution in [3.63, 3.8) is 0 Å². The average Bonchev–Trinajstić information content (AvgIpc) is 2.34. The summed E-state index contributed by atoms with van der Waals surface area (Å²) in [5.41, 5.74) is 0. The maximum absolute atomic E-state index is 5.03. The summed E-state index contributed by atoms with van der Waals surface area (Å²) in [7, 11) is 9.30. The fourth-order valence-corrected chi connectivity index (χ4v) is 1.17. The highest BCUT2D eigenvalue weighted by molar-refractivity contribution is 5.37. The summed E-state index contributed by atoms with van der Waals surface area (Å²) in [5.74, 6) is 1.10. The molecule has 0 aromatic carbocycles. The SMILES string of the molecule is CNc1nc(OC)nc(N(C)CCN(C)C)n1. The molecule has 1 aromatic rings. The van der Waals surface area contributed by atoms with Crippen molar-refractivity contribution in [1.29, 1.82) is 0 Å². The van der Waals surface area contributed by atoms with Gasteiger partial charge in [0.15, 0.2) is 0 Å². The molecule has 1 N–H and O–H groups in total. The molecule has 0 amide bonds. The van der Waals surface area contributed by atoms with E-state index in [1.807, 2.05) is 26.0 Å². The number of ether oxygens (including phenoxy) is 1. The van der Waals surface area contributed by atoms with Gasteiger partial charge in [-0.3, -0.25) is 0 Å². The molecule has 0 saturated heterocycles. The molecule has 0 fully saturated rings. The van der Waals surface area contributed by atoms with E-state index >= 15 is 0 Å². The summed E-state index contributed by atoms with van der Waals surface area (Å²) in [4.78, 5) is 16.6. The molecular weight excluding hydrogens is 220 g/mol. The minimum absolute atomic E-state index is 0.316. The van der Waals surface area contributed by atoms with Crippen LogP contribution in [0.5, 0.6) is 6.01 Å². The number of aromatic nitrogens is 3. The zero-order valence-corrected chi connectivity index (χ0v) is 11.1. The van der Waals surface area contributed by atoms with E-state index in [9.17, 15) is 0 Å². The van der Waals surface area contributed by atoms with Gasteiger partial charge in [0, 0.05) is 27.2 Å². The van der Waals surface area contributed by atoms with Gasteiger partial charge in [0.05, 0.1) is 7.11 Å². The van der Waals surface area contributed by atoms with Crippen molar-refractivity contribution in [2.75, 3.05) is 58.6 Å². The van der Waals surface area contributed by atoms with Gasteiger partial charge in [-0.05, 0) is 14.1 Å². The number of nitrogens with one attached hydrogen (secondary N) is 1. The van der Waals surface area contributed by atoms with Crippen molar-refractivity contribution in [3.8, 4) is 6.01 Å². The minimum Gasteiger partial charge on any atom is -0.467 e. The third kappa shape index (κ3) is 4.03. The largest absolute Gasteiger partial charge is 0.467 e. The molecule has 1 rings (SSSR count). The van der Waals surface area contributed by atoms with E-state index < -0.39 is 0 Å². The lowest BCUT2D eigenvalue weighted by Gasteiger charge is -2.19. The van der Waals surface area contributed by atoms with Crippen molar-refractivity contribution in [2.24, 2.45) is 0 Å². The summed E-state index contributed by atoms with van der Waals surface area (Å²) in [6.45, 7) is 1.77. The van der Waals surface area contributed by atoms with Crippen molar-refractivity contribution < 1.29 is 4.74 Å². The number of anilines is 2. The smallest absolute Gasteiger partial charge is 0.322 e. The zero-order chi connectivity index (χ0) is 12.8. The van der Waals surface area contributed by atoms with Gasteiger partial charge in [0.2, 0.25) is 11.9 Å². The average molecular weight is 240 g/mol. The van der Waals surface area contributed by atoms with Crippen LogP contribution in [-0.2, 0) is 0 Å². The number of likely N-dealkylation sites (N-methyl/N-ethyl adjacent to an activating group) is 2. The van der Waals surface area contributed by atoms with E-state index in [1.54, 1.807) is 14.2 Å². The number of nitrogens with zero attached hydrogens (tertiary/aromatic N) is 5. The van der Waals surface area contributed by atoms with Gasteiger partial charge in [-0.15, -0.1) is 0 Å². The van der Waals surface area contributed by atoms with Crippen molar-refractivity contribution >= 4 is 11.9 Å². The molecule has 17 heavy (non-hydrogen) atoms. The van der Waals surface area contributed by atoms with Gasteiger partial charge in [-0.25, -0.2) is 0 Å². The molecule has 0 bridgehead atoms. The Hall–Kier alpha value is -1.63. The van der Waals surface area contributed by atoms with Crippen LogP contribution in [0.2, 0.25) is 0 Å². The van der Waals surface area contributed by atoms with Crippen LogP contribution < -0.4 is 15.0 Å². The standard InChI is InChI=1S/C10H20N6O/c1-11-8-12-9(14-10(13-8)17-5)16(4)7-6-15(2)3/h6-7H2,1-5H3,(H,11,12,13,14). The van der Waals surface area contributed by atoms with Crippen LogP contribution in [0.15, 0.2) is 0 Å². The highest BCUT2D eigenvalue weighted by Crippen LogP contribution is 2.12. The molecule has 1 aromatic heterocycles. The van der Waals surface area contributed by atoms with Crippen LogP contribution in [0.3, 0.4) is 0 Å².